The molecule has 10 heteroatoms. The Hall–Kier alpha value is -2.43. The summed E-state index contributed by atoms with van der Waals surface area (Å²) < 4.78 is 11.8. The summed E-state index contributed by atoms with van der Waals surface area (Å²) in [5.41, 5.74) is 1.19. The summed E-state index contributed by atoms with van der Waals surface area (Å²) in [6.07, 6.45) is 0.406. The molecule has 1 aromatic carbocycles. The number of thiophene rings is 1. The molecular formula is C19H16BrN3O4S2. The zero-order chi connectivity index (χ0) is 20.2. The number of aromatic nitrogens is 1. The topological polar surface area (TPSA) is 89.6 Å². The van der Waals surface area contributed by atoms with E-state index in [2.05, 4.69) is 31.5 Å². The summed E-state index contributed by atoms with van der Waals surface area (Å²) >= 11 is 6.26. The Morgan fingerprint density at radius 3 is 2.59 bits per heavy atom. The number of halogens is 1. The molecule has 0 aliphatic carbocycles. The van der Waals surface area contributed by atoms with Crippen LogP contribution in [0.25, 0.3) is 0 Å². The first kappa shape index (κ1) is 19.9. The van der Waals surface area contributed by atoms with E-state index in [1.54, 1.807) is 17.5 Å². The van der Waals surface area contributed by atoms with Crippen molar-refractivity contribution >= 4 is 61.2 Å². The number of carbonyl (C=O) groups is 2. The maximum Gasteiger partial charge on any atom is 0.231 e. The number of hydrogen-bond acceptors (Lipinski definition) is 7. The highest BCUT2D eigenvalue weighted by atomic mass is 79.9. The Bertz CT molecular complexity index is 1040. The van der Waals surface area contributed by atoms with Crippen molar-refractivity contribution in [1.82, 2.24) is 4.98 Å². The molecule has 2 amide bonds. The van der Waals surface area contributed by atoms with Gasteiger partial charge in [0.05, 0.1) is 24.2 Å². The van der Waals surface area contributed by atoms with Gasteiger partial charge in [-0.3, -0.25) is 9.59 Å². The highest BCUT2D eigenvalue weighted by molar-refractivity contribution is 9.10. The lowest BCUT2D eigenvalue weighted by molar-refractivity contribution is -0.116. The predicted octanol–water partition coefficient (Wildman–Crippen LogP) is 4.10. The molecule has 3 heterocycles. The van der Waals surface area contributed by atoms with Gasteiger partial charge in [0.25, 0.3) is 0 Å². The van der Waals surface area contributed by atoms with Gasteiger partial charge in [-0.2, -0.15) is 0 Å². The third kappa shape index (κ3) is 5.14. The second-order valence-corrected chi connectivity index (χ2v) is 8.89. The quantitative estimate of drug-likeness (QED) is 0.539. The van der Waals surface area contributed by atoms with Gasteiger partial charge in [-0.25, -0.2) is 4.98 Å². The molecule has 0 bridgehead atoms. The summed E-state index contributed by atoms with van der Waals surface area (Å²) in [6.45, 7) is 0.975. The number of nitrogens with one attached hydrogen (secondary N) is 2. The Kier molecular flexibility index (Phi) is 6.12. The van der Waals surface area contributed by atoms with E-state index in [1.165, 1.54) is 22.7 Å². The van der Waals surface area contributed by atoms with Crippen LogP contribution in [-0.4, -0.2) is 30.0 Å². The predicted molar refractivity (Wildman–Crippen MR) is 116 cm³/mol. The molecule has 2 aromatic heterocycles. The lowest BCUT2D eigenvalue weighted by Gasteiger charge is -2.20. The normalized spacial score (nSPS) is 12.4. The number of rotatable bonds is 6. The van der Waals surface area contributed by atoms with Crippen molar-refractivity contribution in [2.75, 3.05) is 23.8 Å². The Labute approximate surface area is 183 Å². The van der Waals surface area contributed by atoms with Gasteiger partial charge in [-0.1, -0.05) is 6.07 Å². The minimum atomic E-state index is -0.218. The zero-order valence-electron chi connectivity index (χ0n) is 15.1. The van der Waals surface area contributed by atoms with Crippen LogP contribution in [0.3, 0.4) is 0 Å². The average molecular weight is 494 g/mol. The first-order valence-electron chi connectivity index (χ1n) is 8.72. The highest BCUT2D eigenvalue weighted by Crippen LogP contribution is 2.38. The molecule has 0 spiro atoms. The maximum atomic E-state index is 12.4. The van der Waals surface area contributed by atoms with Gasteiger partial charge < -0.3 is 20.1 Å². The Morgan fingerprint density at radius 2 is 1.83 bits per heavy atom. The smallest absolute Gasteiger partial charge is 0.231 e. The number of ether oxygens (including phenoxy) is 2. The molecule has 1 aliphatic rings. The van der Waals surface area contributed by atoms with E-state index in [9.17, 15) is 9.59 Å². The van der Waals surface area contributed by atoms with E-state index in [4.69, 9.17) is 9.47 Å². The van der Waals surface area contributed by atoms with Crippen LogP contribution in [0.1, 0.15) is 10.6 Å². The SMILES string of the molecule is O=C(Cc1cccs1)Nc1nc(CC(=O)Nc2cc3c(cc2Br)OCCO3)cs1. The minimum Gasteiger partial charge on any atom is -0.486 e. The number of amides is 2. The molecule has 29 heavy (non-hydrogen) atoms. The zero-order valence-corrected chi connectivity index (χ0v) is 18.3. The van der Waals surface area contributed by atoms with Gasteiger partial charge in [0, 0.05) is 26.9 Å². The van der Waals surface area contributed by atoms with Crippen LogP contribution in [0.2, 0.25) is 0 Å². The lowest BCUT2D eigenvalue weighted by Crippen LogP contribution is -2.18. The number of benzene rings is 1. The van der Waals surface area contributed by atoms with E-state index < -0.39 is 0 Å². The number of nitrogens with zero attached hydrogens (tertiary/aromatic N) is 1. The van der Waals surface area contributed by atoms with Gasteiger partial charge in [0.1, 0.15) is 13.2 Å². The molecule has 0 saturated carbocycles. The molecule has 4 rings (SSSR count). The van der Waals surface area contributed by atoms with Gasteiger partial charge >= 0.3 is 0 Å². The minimum absolute atomic E-state index is 0.0954. The first-order valence-corrected chi connectivity index (χ1v) is 11.3. The number of hydrogen-bond donors (Lipinski definition) is 2. The highest BCUT2D eigenvalue weighted by Gasteiger charge is 2.17. The molecule has 150 valence electrons. The van der Waals surface area contributed by atoms with Crippen molar-refractivity contribution in [3.8, 4) is 11.5 Å². The molecule has 0 saturated heterocycles. The van der Waals surface area contributed by atoms with Gasteiger partial charge in [0.15, 0.2) is 16.6 Å². The van der Waals surface area contributed by atoms with Gasteiger partial charge in [0.2, 0.25) is 11.8 Å². The van der Waals surface area contributed by atoms with Crippen LogP contribution >= 0.6 is 38.6 Å². The summed E-state index contributed by atoms with van der Waals surface area (Å²) in [4.78, 5) is 29.8. The van der Waals surface area contributed by atoms with Crippen molar-refractivity contribution in [1.29, 1.82) is 0 Å². The third-order valence-electron chi connectivity index (χ3n) is 3.96. The fourth-order valence-electron chi connectivity index (χ4n) is 2.70. The second kappa shape index (κ2) is 8.93. The van der Waals surface area contributed by atoms with Gasteiger partial charge in [-0.05, 0) is 27.4 Å². The monoisotopic (exact) mass is 493 g/mol. The van der Waals surface area contributed by atoms with Crippen LogP contribution in [-0.2, 0) is 22.4 Å². The number of anilines is 2. The van der Waals surface area contributed by atoms with Crippen molar-refractivity contribution in [2.24, 2.45) is 0 Å². The number of fused-ring (bicyclic) bond motifs is 1. The van der Waals surface area contributed by atoms with E-state index in [0.29, 0.717) is 52.1 Å². The first-order chi connectivity index (χ1) is 14.1. The molecule has 3 aromatic rings. The molecule has 2 N–H and O–H groups in total. The van der Waals surface area contributed by atoms with Crippen molar-refractivity contribution in [3.63, 3.8) is 0 Å². The molecule has 0 fully saturated rings. The Morgan fingerprint density at radius 1 is 1.07 bits per heavy atom. The standard InChI is InChI=1S/C19H16BrN3O4S2/c20-13-8-15-16(27-4-3-26-15)9-14(13)22-17(24)6-11-10-29-19(21-11)23-18(25)7-12-2-1-5-28-12/h1-2,5,8-10H,3-4,6-7H2,(H,22,24)(H,21,23,25). The molecule has 0 atom stereocenters. The average Bonchev–Trinajstić information content (AvgIpc) is 3.34. The molecule has 0 radical (unpaired) electrons. The van der Waals surface area contributed by atoms with E-state index in [1.807, 2.05) is 17.5 Å². The van der Waals surface area contributed by atoms with Crippen molar-refractivity contribution in [3.05, 3.63) is 50.1 Å². The summed E-state index contributed by atoms with van der Waals surface area (Å²) in [5, 5.41) is 9.80. The summed E-state index contributed by atoms with van der Waals surface area (Å²) in [7, 11) is 0. The summed E-state index contributed by atoms with van der Waals surface area (Å²) in [6, 6.07) is 7.33. The van der Waals surface area contributed by atoms with Crippen LogP contribution in [0.4, 0.5) is 10.8 Å². The van der Waals surface area contributed by atoms with Crippen molar-refractivity contribution in [2.45, 2.75) is 12.8 Å². The van der Waals surface area contributed by atoms with Crippen molar-refractivity contribution < 1.29 is 19.1 Å². The number of carbonyl (C=O) groups excluding carboxylic acids is 2. The Balaban J connectivity index is 1.34. The molecule has 1 aliphatic heterocycles. The van der Waals surface area contributed by atoms with Gasteiger partial charge in [-0.15, -0.1) is 22.7 Å². The fourth-order valence-corrected chi connectivity index (χ4v) is 4.55. The lowest BCUT2D eigenvalue weighted by atomic mass is 10.2. The van der Waals surface area contributed by atoms with E-state index in [-0.39, 0.29) is 18.2 Å². The van der Waals surface area contributed by atoms with E-state index >= 15 is 0 Å². The number of thiazole rings is 1. The molecule has 0 unspecified atom stereocenters. The van der Waals surface area contributed by atoms with Crippen LogP contribution in [0, 0.1) is 0 Å². The van der Waals surface area contributed by atoms with Crippen LogP contribution in [0.15, 0.2) is 39.5 Å². The molecular weight excluding hydrogens is 478 g/mol. The third-order valence-corrected chi connectivity index (χ3v) is 6.30. The maximum absolute atomic E-state index is 12.4. The fraction of sp³-hybridized carbons (Fsp3) is 0.211. The van der Waals surface area contributed by atoms with Crippen LogP contribution < -0.4 is 20.1 Å². The summed E-state index contributed by atoms with van der Waals surface area (Å²) in [5.74, 6) is 0.893. The largest absolute Gasteiger partial charge is 0.486 e. The van der Waals surface area contributed by atoms with E-state index in [0.717, 1.165) is 4.88 Å². The second-order valence-electron chi connectivity index (χ2n) is 6.15. The molecule has 7 nitrogen and oxygen atoms in total. The van der Waals surface area contributed by atoms with Crippen LogP contribution in [0.5, 0.6) is 11.5 Å².